The minimum Gasteiger partial charge on any atom is -0.443 e. The van der Waals surface area contributed by atoms with Crippen molar-refractivity contribution >= 4 is 23.3 Å². The maximum Gasteiger partial charge on any atom is 0.415 e. The monoisotopic (exact) mass is 216 g/mol. The molecule has 1 aliphatic heterocycles. The summed E-state index contributed by atoms with van der Waals surface area (Å²) in [6.07, 6.45) is -0.344. The molecule has 0 radical (unpaired) electrons. The van der Waals surface area contributed by atoms with Crippen LogP contribution in [0.5, 0.6) is 0 Å². The van der Waals surface area contributed by atoms with Gasteiger partial charge in [-0.3, -0.25) is 4.90 Å². The van der Waals surface area contributed by atoms with Gasteiger partial charge in [-0.05, 0) is 20.8 Å². The highest BCUT2D eigenvalue weighted by Crippen LogP contribution is 2.11. The molecule has 0 saturated carbocycles. The summed E-state index contributed by atoms with van der Waals surface area (Å²) in [5, 5.41) is 3.09. The van der Waals surface area contributed by atoms with Crippen LogP contribution < -0.4 is 5.32 Å². The van der Waals surface area contributed by atoms with Gasteiger partial charge in [-0.15, -0.1) is 0 Å². The first kappa shape index (κ1) is 11.4. The van der Waals surface area contributed by atoms with Gasteiger partial charge in [-0.2, -0.15) is 0 Å². The molecule has 1 fully saturated rings. The smallest absolute Gasteiger partial charge is 0.415 e. The highest BCUT2D eigenvalue weighted by molar-refractivity contribution is 7.80. The largest absolute Gasteiger partial charge is 0.443 e. The topological polar surface area (TPSA) is 41.6 Å². The first-order valence-corrected chi connectivity index (χ1v) is 5.05. The summed E-state index contributed by atoms with van der Waals surface area (Å²) in [4.78, 5) is 13.7. The van der Waals surface area contributed by atoms with E-state index in [4.69, 9.17) is 17.0 Å². The van der Waals surface area contributed by atoms with Crippen LogP contribution in [0.1, 0.15) is 20.8 Å². The molecule has 0 aliphatic carbocycles. The van der Waals surface area contributed by atoms with Crippen LogP contribution in [-0.2, 0) is 4.74 Å². The van der Waals surface area contributed by atoms with E-state index in [9.17, 15) is 4.79 Å². The van der Waals surface area contributed by atoms with Crippen LogP contribution in [0.25, 0.3) is 0 Å². The van der Waals surface area contributed by atoms with E-state index in [1.165, 1.54) is 4.90 Å². The third-order valence-electron chi connectivity index (χ3n) is 1.70. The molecule has 0 aromatic rings. The normalized spacial score (nSPS) is 18.2. The molecule has 1 saturated heterocycles. The fourth-order valence-electron chi connectivity index (χ4n) is 1.12. The molecule has 1 heterocycles. The van der Waals surface area contributed by atoms with Gasteiger partial charge in [-0.25, -0.2) is 4.79 Å². The van der Waals surface area contributed by atoms with Gasteiger partial charge in [0.15, 0.2) is 0 Å². The van der Waals surface area contributed by atoms with Crippen molar-refractivity contribution in [3.63, 3.8) is 0 Å². The van der Waals surface area contributed by atoms with Gasteiger partial charge >= 0.3 is 6.09 Å². The molecule has 0 atom stereocenters. The Labute approximate surface area is 89.6 Å². The fraction of sp³-hybridized carbons (Fsp3) is 0.778. The number of thiocarbonyl (C=S) groups is 1. The van der Waals surface area contributed by atoms with E-state index in [0.29, 0.717) is 18.1 Å². The molecule has 0 aromatic heterocycles. The predicted molar refractivity (Wildman–Crippen MR) is 58.4 cm³/mol. The summed E-state index contributed by atoms with van der Waals surface area (Å²) < 4.78 is 5.22. The Morgan fingerprint density at radius 2 is 2.21 bits per heavy atom. The summed E-state index contributed by atoms with van der Waals surface area (Å²) in [5.74, 6) is 0. The van der Waals surface area contributed by atoms with E-state index in [0.717, 1.165) is 6.54 Å². The van der Waals surface area contributed by atoms with E-state index in [2.05, 4.69) is 5.32 Å². The van der Waals surface area contributed by atoms with Crippen LogP contribution in [0.4, 0.5) is 4.79 Å². The Morgan fingerprint density at radius 3 is 2.71 bits per heavy atom. The Bertz CT molecular complexity index is 248. The molecule has 4 nitrogen and oxygen atoms in total. The van der Waals surface area contributed by atoms with Gasteiger partial charge in [0.25, 0.3) is 0 Å². The van der Waals surface area contributed by atoms with E-state index in [-0.39, 0.29) is 6.09 Å². The molecule has 5 heteroatoms. The predicted octanol–water partition coefficient (Wildman–Crippen LogP) is 1.15. The van der Waals surface area contributed by atoms with Crippen molar-refractivity contribution in [1.82, 2.24) is 10.2 Å². The molecule has 0 bridgehead atoms. The maximum absolute atomic E-state index is 11.6. The first-order chi connectivity index (χ1) is 6.40. The summed E-state index contributed by atoms with van der Waals surface area (Å²) >= 11 is 5.06. The average Bonchev–Trinajstić information content (AvgIpc) is 2.01. The van der Waals surface area contributed by atoms with E-state index < -0.39 is 5.60 Å². The third kappa shape index (κ3) is 3.23. The SMILES string of the molecule is CC(C)(C)OC(=O)N1CCNCC1=S. The van der Waals surface area contributed by atoms with Crippen molar-refractivity contribution in [3.05, 3.63) is 0 Å². The van der Waals surface area contributed by atoms with Crippen LogP contribution in [0, 0.1) is 0 Å². The van der Waals surface area contributed by atoms with Crippen LogP contribution >= 0.6 is 12.2 Å². The second-order valence-electron chi connectivity index (χ2n) is 4.20. The summed E-state index contributed by atoms with van der Waals surface area (Å²) in [5.41, 5.74) is -0.461. The van der Waals surface area contributed by atoms with Crippen LogP contribution in [-0.4, -0.2) is 41.2 Å². The lowest BCUT2D eigenvalue weighted by Gasteiger charge is -2.30. The Kier molecular flexibility index (Phi) is 3.44. The van der Waals surface area contributed by atoms with Crippen molar-refractivity contribution in [1.29, 1.82) is 0 Å². The third-order valence-corrected chi connectivity index (χ3v) is 2.07. The van der Waals surface area contributed by atoms with Crippen LogP contribution in [0.15, 0.2) is 0 Å². The first-order valence-electron chi connectivity index (χ1n) is 4.64. The average molecular weight is 216 g/mol. The van der Waals surface area contributed by atoms with Gasteiger partial charge in [0.1, 0.15) is 10.6 Å². The molecule has 14 heavy (non-hydrogen) atoms. The lowest BCUT2D eigenvalue weighted by atomic mass is 10.2. The number of nitrogens with zero attached hydrogens (tertiary/aromatic N) is 1. The molecular formula is C9H16N2O2S. The summed E-state index contributed by atoms with van der Waals surface area (Å²) in [7, 11) is 0. The molecular weight excluding hydrogens is 200 g/mol. The van der Waals surface area contributed by atoms with E-state index in [1.807, 2.05) is 20.8 Å². The Balaban J connectivity index is 2.55. The summed E-state index contributed by atoms with van der Waals surface area (Å²) in [6.45, 7) is 7.46. The van der Waals surface area contributed by atoms with Gasteiger partial charge < -0.3 is 10.1 Å². The number of nitrogens with one attached hydrogen (secondary N) is 1. The number of piperazine rings is 1. The van der Waals surface area contributed by atoms with E-state index >= 15 is 0 Å². The minimum absolute atomic E-state index is 0.344. The zero-order valence-corrected chi connectivity index (χ0v) is 9.61. The lowest BCUT2D eigenvalue weighted by molar-refractivity contribution is 0.0364. The second-order valence-corrected chi connectivity index (χ2v) is 4.67. The van der Waals surface area contributed by atoms with Crippen molar-refractivity contribution in [2.24, 2.45) is 0 Å². The quantitative estimate of drug-likeness (QED) is 0.617. The van der Waals surface area contributed by atoms with Crippen molar-refractivity contribution in [2.45, 2.75) is 26.4 Å². The zero-order valence-electron chi connectivity index (χ0n) is 8.79. The van der Waals surface area contributed by atoms with Gasteiger partial charge in [0.05, 0.1) is 0 Å². The number of ether oxygens (including phenoxy) is 1. The molecule has 80 valence electrons. The number of carbonyl (C=O) groups is 1. The van der Waals surface area contributed by atoms with Crippen molar-refractivity contribution < 1.29 is 9.53 Å². The van der Waals surface area contributed by atoms with Gasteiger partial charge in [-0.1, -0.05) is 12.2 Å². The van der Waals surface area contributed by atoms with E-state index in [1.54, 1.807) is 0 Å². The van der Waals surface area contributed by atoms with Gasteiger partial charge in [0.2, 0.25) is 0 Å². The lowest BCUT2D eigenvalue weighted by Crippen LogP contribution is -2.51. The molecule has 1 amide bonds. The minimum atomic E-state index is -0.461. The molecule has 1 N–H and O–H groups in total. The standard InChI is InChI=1S/C9H16N2O2S/c1-9(2,3)13-8(12)11-5-4-10-6-7(11)14/h10H,4-6H2,1-3H3. The maximum atomic E-state index is 11.6. The highest BCUT2D eigenvalue weighted by atomic mass is 32.1. The highest BCUT2D eigenvalue weighted by Gasteiger charge is 2.26. The Morgan fingerprint density at radius 1 is 1.57 bits per heavy atom. The zero-order chi connectivity index (χ0) is 10.8. The van der Waals surface area contributed by atoms with Crippen molar-refractivity contribution in [2.75, 3.05) is 19.6 Å². The number of rotatable bonds is 0. The second kappa shape index (κ2) is 4.23. The fourth-order valence-corrected chi connectivity index (χ4v) is 1.38. The van der Waals surface area contributed by atoms with Crippen molar-refractivity contribution in [3.8, 4) is 0 Å². The Hall–Kier alpha value is -0.680. The summed E-state index contributed by atoms with van der Waals surface area (Å²) in [6, 6.07) is 0. The molecule has 1 rings (SSSR count). The van der Waals surface area contributed by atoms with Crippen LogP contribution in [0.2, 0.25) is 0 Å². The number of hydrogen-bond acceptors (Lipinski definition) is 4. The molecule has 0 aromatic carbocycles. The molecule has 0 spiro atoms. The van der Waals surface area contributed by atoms with Gasteiger partial charge in [0, 0.05) is 19.6 Å². The molecule has 0 unspecified atom stereocenters. The number of amides is 1. The molecule has 1 aliphatic rings. The number of carbonyl (C=O) groups excluding carboxylic acids is 1. The number of hydrogen-bond donors (Lipinski definition) is 1. The van der Waals surface area contributed by atoms with Crippen LogP contribution in [0.3, 0.4) is 0 Å².